The third-order valence-electron chi connectivity index (χ3n) is 4.33. The molecule has 23 heavy (non-hydrogen) atoms. The van der Waals surface area contributed by atoms with Gasteiger partial charge in [-0.1, -0.05) is 6.07 Å². The minimum Gasteiger partial charge on any atom is -0.490 e. The summed E-state index contributed by atoms with van der Waals surface area (Å²) in [6.45, 7) is 2.16. The number of amides is 1. The monoisotopic (exact) mass is 319 g/mol. The number of rotatable bonds is 4. The van der Waals surface area contributed by atoms with Gasteiger partial charge in [-0.05, 0) is 30.5 Å². The Bertz CT molecular complexity index is 601. The van der Waals surface area contributed by atoms with Gasteiger partial charge in [0.15, 0.2) is 11.5 Å². The van der Waals surface area contributed by atoms with Crippen LogP contribution in [0.25, 0.3) is 0 Å². The van der Waals surface area contributed by atoms with Crippen LogP contribution in [0.2, 0.25) is 0 Å². The van der Waals surface area contributed by atoms with Crippen LogP contribution >= 0.6 is 0 Å². The van der Waals surface area contributed by atoms with E-state index >= 15 is 0 Å². The molecule has 1 N–H and O–H groups in total. The van der Waals surface area contributed by atoms with Crippen molar-refractivity contribution in [3.05, 3.63) is 23.8 Å². The normalized spacial score (nSPS) is 20.2. The molecule has 3 rings (SSSR count). The molecule has 2 aliphatic heterocycles. The summed E-state index contributed by atoms with van der Waals surface area (Å²) in [5, 5.41) is 8.99. The van der Waals surface area contributed by atoms with Crippen molar-refractivity contribution < 1.29 is 24.2 Å². The highest BCUT2D eigenvalue weighted by Crippen LogP contribution is 2.30. The van der Waals surface area contributed by atoms with Crippen LogP contribution in [-0.2, 0) is 16.0 Å². The number of carbonyl (C=O) groups excluding carboxylic acids is 1. The van der Waals surface area contributed by atoms with Gasteiger partial charge in [0.25, 0.3) is 0 Å². The van der Waals surface area contributed by atoms with E-state index in [0.717, 1.165) is 23.5 Å². The number of carboxylic acid groups (broad SMARTS) is 1. The lowest BCUT2D eigenvalue weighted by Gasteiger charge is -2.16. The van der Waals surface area contributed by atoms with E-state index in [9.17, 15) is 9.59 Å². The van der Waals surface area contributed by atoms with Crippen molar-refractivity contribution in [2.75, 3.05) is 26.3 Å². The first-order chi connectivity index (χ1) is 11.1. The SMILES string of the molecule is O=C(O)[C@@H]1CCN(C(=O)CCc2ccc3c(c2)OCCCO3)C1. The maximum absolute atomic E-state index is 12.2. The minimum atomic E-state index is -0.816. The minimum absolute atomic E-state index is 0.0147. The summed E-state index contributed by atoms with van der Waals surface area (Å²) in [4.78, 5) is 24.8. The van der Waals surface area contributed by atoms with E-state index in [1.807, 2.05) is 18.2 Å². The highest BCUT2D eigenvalue weighted by molar-refractivity contribution is 5.79. The molecule has 1 atom stereocenters. The third-order valence-corrected chi connectivity index (χ3v) is 4.33. The van der Waals surface area contributed by atoms with Crippen LogP contribution in [0.15, 0.2) is 18.2 Å². The average molecular weight is 319 g/mol. The summed E-state index contributed by atoms with van der Waals surface area (Å²) in [7, 11) is 0. The summed E-state index contributed by atoms with van der Waals surface area (Å²) in [6, 6.07) is 5.76. The summed E-state index contributed by atoms with van der Waals surface area (Å²) >= 11 is 0. The van der Waals surface area contributed by atoms with Gasteiger partial charge < -0.3 is 19.5 Å². The number of fused-ring (bicyclic) bond motifs is 1. The highest BCUT2D eigenvalue weighted by atomic mass is 16.5. The number of nitrogens with zero attached hydrogens (tertiary/aromatic N) is 1. The van der Waals surface area contributed by atoms with Gasteiger partial charge in [-0.25, -0.2) is 0 Å². The molecule has 0 saturated carbocycles. The second-order valence-electron chi connectivity index (χ2n) is 6.00. The zero-order valence-electron chi connectivity index (χ0n) is 13.0. The number of likely N-dealkylation sites (tertiary alicyclic amines) is 1. The molecule has 2 heterocycles. The first-order valence-electron chi connectivity index (χ1n) is 8.02. The van der Waals surface area contributed by atoms with Crippen molar-refractivity contribution in [3.63, 3.8) is 0 Å². The van der Waals surface area contributed by atoms with E-state index in [4.69, 9.17) is 14.6 Å². The van der Waals surface area contributed by atoms with Gasteiger partial charge in [-0.15, -0.1) is 0 Å². The lowest BCUT2D eigenvalue weighted by molar-refractivity contribution is -0.141. The molecule has 0 aromatic heterocycles. The number of hydrogen-bond donors (Lipinski definition) is 1. The number of aryl methyl sites for hydroxylation is 1. The fourth-order valence-electron chi connectivity index (χ4n) is 2.96. The van der Waals surface area contributed by atoms with E-state index in [1.54, 1.807) is 4.90 Å². The highest BCUT2D eigenvalue weighted by Gasteiger charge is 2.30. The van der Waals surface area contributed by atoms with Crippen molar-refractivity contribution in [2.24, 2.45) is 5.92 Å². The van der Waals surface area contributed by atoms with Gasteiger partial charge >= 0.3 is 5.97 Å². The molecule has 0 bridgehead atoms. The smallest absolute Gasteiger partial charge is 0.308 e. The second kappa shape index (κ2) is 6.89. The topological polar surface area (TPSA) is 76.1 Å². The Morgan fingerprint density at radius 1 is 1.22 bits per heavy atom. The van der Waals surface area contributed by atoms with Crippen molar-refractivity contribution in [3.8, 4) is 11.5 Å². The molecule has 1 aromatic carbocycles. The maximum Gasteiger partial charge on any atom is 0.308 e. The van der Waals surface area contributed by atoms with E-state index < -0.39 is 11.9 Å². The summed E-state index contributed by atoms with van der Waals surface area (Å²) in [5.41, 5.74) is 1.02. The zero-order chi connectivity index (χ0) is 16.2. The van der Waals surface area contributed by atoms with E-state index in [-0.39, 0.29) is 5.91 Å². The van der Waals surface area contributed by atoms with Crippen LogP contribution in [0.3, 0.4) is 0 Å². The fraction of sp³-hybridized carbons (Fsp3) is 0.529. The first kappa shape index (κ1) is 15.6. The van der Waals surface area contributed by atoms with Crippen LogP contribution in [0.1, 0.15) is 24.8 Å². The van der Waals surface area contributed by atoms with Crippen molar-refractivity contribution in [1.29, 1.82) is 0 Å². The quantitative estimate of drug-likeness (QED) is 0.914. The number of carboxylic acids is 1. The standard InChI is InChI=1S/C17H21NO5/c19-16(18-7-6-13(11-18)17(20)21)5-3-12-2-4-14-15(10-12)23-9-1-8-22-14/h2,4,10,13H,1,3,5-9,11H2,(H,20,21)/t13-/m1/s1. The summed E-state index contributed by atoms with van der Waals surface area (Å²) in [5.74, 6) is 0.266. The Morgan fingerprint density at radius 3 is 2.74 bits per heavy atom. The van der Waals surface area contributed by atoms with E-state index in [0.29, 0.717) is 45.6 Å². The molecule has 0 radical (unpaired) electrons. The van der Waals surface area contributed by atoms with Gasteiger partial charge in [-0.2, -0.15) is 0 Å². The van der Waals surface area contributed by atoms with Crippen molar-refractivity contribution in [2.45, 2.75) is 25.7 Å². The van der Waals surface area contributed by atoms with Gasteiger partial charge in [0.2, 0.25) is 5.91 Å². The molecule has 1 aromatic rings. The maximum atomic E-state index is 12.2. The van der Waals surface area contributed by atoms with Crippen LogP contribution in [0.5, 0.6) is 11.5 Å². The summed E-state index contributed by atoms with van der Waals surface area (Å²) in [6.07, 6.45) is 2.41. The van der Waals surface area contributed by atoms with Crippen LogP contribution < -0.4 is 9.47 Å². The van der Waals surface area contributed by atoms with Gasteiger partial charge in [0.1, 0.15) is 0 Å². The second-order valence-corrected chi connectivity index (χ2v) is 6.00. The Labute approximate surface area is 135 Å². The Hall–Kier alpha value is -2.24. The number of carbonyl (C=O) groups is 2. The van der Waals surface area contributed by atoms with Crippen molar-refractivity contribution >= 4 is 11.9 Å². The first-order valence-corrected chi connectivity index (χ1v) is 8.02. The molecule has 1 fully saturated rings. The molecule has 0 unspecified atom stereocenters. The third kappa shape index (κ3) is 3.75. The molecule has 1 saturated heterocycles. The van der Waals surface area contributed by atoms with E-state index in [1.165, 1.54) is 0 Å². The molecule has 0 aliphatic carbocycles. The van der Waals surface area contributed by atoms with Gasteiger partial charge in [0, 0.05) is 25.9 Å². The lowest BCUT2D eigenvalue weighted by atomic mass is 10.1. The van der Waals surface area contributed by atoms with Gasteiger partial charge in [-0.3, -0.25) is 9.59 Å². The molecular weight excluding hydrogens is 298 g/mol. The van der Waals surface area contributed by atoms with Crippen LogP contribution in [0.4, 0.5) is 0 Å². The Morgan fingerprint density at radius 2 is 2.00 bits per heavy atom. The molecular formula is C17H21NO5. The number of aliphatic carboxylic acids is 1. The zero-order valence-corrected chi connectivity index (χ0v) is 13.0. The van der Waals surface area contributed by atoms with E-state index in [2.05, 4.69) is 0 Å². The molecule has 1 amide bonds. The number of hydrogen-bond acceptors (Lipinski definition) is 4. The Kier molecular flexibility index (Phi) is 4.69. The molecule has 0 spiro atoms. The van der Waals surface area contributed by atoms with Crippen LogP contribution in [0, 0.1) is 5.92 Å². The van der Waals surface area contributed by atoms with Crippen molar-refractivity contribution in [1.82, 2.24) is 4.90 Å². The fourth-order valence-corrected chi connectivity index (χ4v) is 2.96. The average Bonchev–Trinajstić information content (AvgIpc) is 2.93. The molecule has 124 valence electrons. The largest absolute Gasteiger partial charge is 0.490 e. The predicted octanol–water partition coefficient (Wildman–Crippen LogP) is 1.71. The number of benzene rings is 1. The molecule has 6 nitrogen and oxygen atoms in total. The van der Waals surface area contributed by atoms with Gasteiger partial charge in [0.05, 0.1) is 19.1 Å². The predicted molar refractivity (Wildman–Crippen MR) is 82.7 cm³/mol. The summed E-state index contributed by atoms with van der Waals surface area (Å²) < 4.78 is 11.2. The van der Waals surface area contributed by atoms with Crippen LogP contribution in [-0.4, -0.2) is 48.2 Å². The molecule has 2 aliphatic rings. The molecule has 6 heteroatoms. The Balaban J connectivity index is 1.55. The number of ether oxygens (including phenoxy) is 2. The lowest BCUT2D eigenvalue weighted by Crippen LogP contribution is -2.30.